The Balaban J connectivity index is 1.53. The van der Waals surface area contributed by atoms with Crippen LogP contribution in [-0.2, 0) is 4.79 Å². The highest BCUT2D eigenvalue weighted by Crippen LogP contribution is 2.77. The lowest BCUT2D eigenvalue weighted by molar-refractivity contribution is -0.249. The van der Waals surface area contributed by atoms with Gasteiger partial charge in [-0.25, -0.2) is 0 Å². The summed E-state index contributed by atoms with van der Waals surface area (Å²) in [5.41, 5.74) is 2.36. The van der Waals surface area contributed by atoms with Crippen LogP contribution >= 0.6 is 0 Å². The molecule has 0 aromatic rings. The van der Waals surface area contributed by atoms with Gasteiger partial charge in [-0.3, -0.25) is 4.79 Å². The van der Waals surface area contributed by atoms with E-state index in [1.165, 1.54) is 64.2 Å². The Labute approximate surface area is 192 Å². The Morgan fingerprint density at radius 2 is 1.26 bits per heavy atom. The van der Waals surface area contributed by atoms with E-state index in [1.54, 1.807) is 0 Å². The maximum atomic E-state index is 12.8. The number of hydrogen-bond acceptors (Lipinski definition) is 1. The highest BCUT2D eigenvalue weighted by molar-refractivity contribution is 5.85. The van der Waals surface area contributed by atoms with Crippen molar-refractivity contribution in [3.8, 4) is 0 Å². The summed E-state index contributed by atoms with van der Waals surface area (Å²) in [4.78, 5) is 12.8. The zero-order valence-electron chi connectivity index (χ0n) is 22.0. The molecule has 0 saturated heterocycles. The highest BCUT2D eigenvalue weighted by Gasteiger charge is 2.70. The molecule has 1 nitrogen and oxygen atoms in total. The summed E-state index contributed by atoms with van der Waals surface area (Å²) in [6.45, 7) is 20.5. The van der Waals surface area contributed by atoms with Gasteiger partial charge in [-0.15, -0.1) is 0 Å². The van der Waals surface area contributed by atoms with Crippen molar-refractivity contribution in [3.63, 3.8) is 0 Å². The third-order valence-electron chi connectivity index (χ3n) is 13.4. The fraction of sp³-hybridized carbons (Fsp3) is 0.967. The number of carbonyl (C=O) groups excluding carboxylic acids is 1. The van der Waals surface area contributed by atoms with Crippen LogP contribution in [0.4, 0.5) is 0 Å². The Kier molecular flexibility index (Phi) is 4.65. The lowest BCUT2D eigenvalue weighted by Crippen LogP contribution is -2.67. The van der Waals surface area contributed by atoms with Crippen molar-refractivity contribution in [3.05, 3.63) is 0 Å². The van der Waals surface area contributed by atoms with E-state index in [0.29, 0.717) is 38.8 Å². The SMILES string of the molecule is CC1(C)CC[C@]2(C)CC[C@]3(C)[C@H]4CC[C@H]5[C@H](CCC(=O)C5(C)C)[C@]4(C)CC[C@@]3(C)[C@@H]2C1. The van der Waals surface area contributed by atoms with E-state index >= 15 is 0 Å². The largest absolute Gasteiger partial charge is 0.299 e. The van der Waals surface area contributed by atoms with E-state index in [9.17, 15) is 4.79 Å². The van der Waals surface area contributed by atoms with Crippen molar-refractivity contribution in [2.24, 2.45) is 56.2 Å². The van der Waals surface area contributed by atoms with Gasteiger partial charge in [0.15, 0.2) is 0 Å². The van der Waals surface area contributed by atoms with Crippen molar-refractivity contribution in [2.45, 2.75) is 126 Å². The number of ketones is 1. The fourth-order valence-corrected chi connectivity index (χ4v) is 11.0. The fourth-order valence-electron chi connectivity index (χ4n) is 11.0. The summed E-state index contributed by atoms with van der Waals surface area (Å²) in [7, 11) is 0. The van der Waals surface area contributed by atoms with E-state index in [1.807, 2.05) is 0 Å². The van der Waals surface area contributed by atoms with Gasteiger partial charge in [0.2, 0.25) is 0 Å². The highest BCUT2D eigenvalue weighted by atomic mass is 16.1. The van der Waals surface area contributed by atoms with Gasteiger partial charge in [0.1, 0.15) is 5.78 Å². The zero-order valence-corrected chi connectivity index (χ0v) is 22.0. The summed E-state index contributed by atoms with van der Waals surface area (Å²) < 4.78 is 0. The summed E-state index contributed by atoms with van der Waals surface area (Å²) in [6.07, 6.45) is 14.7. The van der Waals surface area contributed by atoms with Crippen LogP contribution < -0.4 is 0 Å². The van der Waals surface area contributed by atoms with Crippen LogP contribution in [0.1, 0.15) is 126 Å². The van der Waals surface area contributed by atoms with Crippen LogP contribution in [0, 0.1) is 56.2 Å². The summed E-state index contributed by atoms with van der Waals surface area (Å²) in [5.74, 6) is 3.65. The average molecular weight is 427 g/mol. The number of carbonyl (C=O) groups is 1. The number of hydrogen-bond donors (Lipinski definition) is 0. The van der Waals surface area contributed by atoms with Crippen LogP contribution in [0.2, 0.25) is 0 Å². The molecule has 5 fully saturated rings. The monoisotopic (exact) mass is 426 g/mol. The molecular formula is C30H50O. The van der Waals surface area contributed by atoms with Gasteiger partial charge >= 0.3 is 0 Å². The van der Waals surface area contributed by atoms with Crippen molar-refractivity contribution in [2.75, 3.05) is 0 Å². The van der Waals surface area contributed by atoms with Crippen LogP contribution in [-0.4, -0.2) is 5.78 Å². The predicted octanol–water partition coefficient (Wildman–Crippen LogP) is 8.46. The van der Waals surface area contributed by atoms with Crippen LogP contribution in [0.3, 0.4) is 0 Å². The average Bonchev–Trinajstić information content (AvgIpc) is 2.68. The topological polar surface area (TPSA) is 17.1 Å². The lowest BCUT2D eigenvalue weighted by atomic mass is 9.31. The Morgan fingerprint density at radius 3 is 1.97 bits per heavy atom. The van der Waals surface area contributed by atoms with Gasteiger partial charge in [-0.1, -0.05) is 55.4 Å². The molecule has 0 amide bonds. The second kappa shape index (κ2) is 6.41. The molecule has 5 saturated carbocycles. The van der Waals surface area contributed by atoms with E-state index in [4.69, 9.17) is 0 Å². The third-order valence-corrected chi connectivity index (χ3v) is 13.4. The minimum atomic E-state index is -0.100. The molecule has 1 heteroatoms. The van der Waals surface area contributed by atoms with Crippen LogP contribution in [0.5, 0.6) is 0 Å². The minimum Gasteiger partial charge on any atom is -0.299 e. The maximum Gasteiger partial charge on any atom is 0.138 e. The summed E-state index contributed by atoms with van der Waals surface area (Å²) in [6, 6.07) is 0. The normalized spacial score (nSPS) is 55.4. The smallest absolute Gasteiger partial charge is 0.138 e. The van der Waals surface area contributed by atoms with Crippen molar-refractivity contribution in [1.29, 1.82) is 0 Å². The Hall–Kier alpha value is -0.330. The third kappa shape index (κ3) is 2.76. The second-order valence-electron chi connectivity index (χ2n) is 15.4. The Bertz CT molecular complexity index is 777. The second-order valence-corrected chi connectivity index (χ2v) is 15.4. The molecule has 5 rings (SSSR count). The van der Waals surface area contributed by atoms with Crippen molar-refractivity contribution in [1.82, 2.24) is 0 Å². The van der Waals surface area contributed by atoms with Crippen LogP contribution in [0.15, 0.2) is 0 Å². The molecule has 0 aromatic carbocycles. The molecule has 5 aliphatic rings. The maximum absolute atomic E-state index is 12.8. The quantitative estimate of drug-likeness (QED) is 0.379. The molecule has 0 unspecified atom stereocenters. The first kappa shape index (κ1) is 22.5. The van der Waals surface area contributed by atoms with Gasteiger partial charge in [0, 0.05) is 11.8 Å². The summed E-state index contributed by atoms with van der Waals surface area (Å²) in [5, 5.41) is 0. The zero-order chi connectivity index (χ0) is 22.7. The molecule has 0 spiro atoms. The molecule has 0 N–H and O–H groups in total. The van der Waals surface area contributed by atoms with Gasteiger partial charge in [-0.05, 0) is 115 Å². The molecule has 0 bridgehead atoms. The predicted molar refractivity (Wildman–Crippen MR) is 130 cm³/mol. The summed E-state index contributed by atoms with van der Waals surface area (Å²) >= 11 is 0. The standard InChI is InChI=1S/C30H50O/c1-25(2)13-14-27(5)15-17-29(7)22-11-9-20-21(10-12-24(31)26(20,3)4)28(22,6)16-18-30(29,8)23(27)19-25/h20-23H,9-19H2,1-8H3/t20-,21-,22-,23+,27+,28-,29+,30-/m0/s1. The van der Waals surface area contributed by atoms with E-state index < -0.39 is 0 Å². The molecule has 8 atom stereocenters. The van der Waals surface area contributed by atoms with E-state index in [2.05, 4.69) is 55.4 Å². The molecule has 0 aliphatic heterocycles. The molecule has 176 valence electrons. The lowest BCUT2D eigenvalue weighted by Gasteiger charge is -2.74. The first-order chi connectivity index (χ1) is 14.2. The Morgan fingerprint density at radius 1 is 0.645 bits per heavy atom. The first-order valence-electron chi connectivity index (χ1n) is 13.7. The van der Waals surface area contributed by atoms with Gasteiger partial charge in [0.25, 0.3) is 0 Å². The van der Waals surface area contributed by atoms with E-state index in [-0.39, 0.29) is 5.41 Å². The number of fused-ring (bicyclic) bond motifs is 7. The number of Topliss-reactive ketones (excluding diaryl/α,β-unsaturated/α-hetero) is 1. The van der Waals surface area contributed by atoms with Crippen LogP contribution in [0.25, 0.3) is 0 Å². The van der Waals surface area contributed by atoms with Gasteiger partial charge in [0.05, 0.1) is 0 Å². The van der Waals surface area contributed by atoms with Crippen molar-refractivity contribution >= 4 is 5.78 Å². The minimum absolute atomic E-state index is 0.100. The van der Waals surface area contributed by atoms with E-state index in [0.717, 1.165) is 24.2 Å². The molecule has 0 aromatic heterocycles. The van der Waals surface area contributed by atoms with Gasteiger partial charge < -0.3 is 0 Å². The molecule has 31 heavy (non-hydrogen) atoms. The van der Waals surface area contributed by atoms with Crippen molar-refractivity contribution < 1.29 is 4.79 Å². The molecule has 5 aliphatic carbocycles. The van der Waals surface area contributed by atoms with Gasteiger partial charge in [-0.2, -0.15) is 0 Å². The molecule has 0 heterocycles. The molecule has 0 radical (unpaired) electrons. The molecular weight excluding hydrogens is 376 g/mol. The number of rotatable bonds is 0. The first-order valence-corrected chi connectivity index (χ1v) is 13.7.